The molecule has 102 valence electrons. The molecule has 0 N–H and O–H groups in total. The van der Waals surface area contributed by atoms with Crippen LogP contribution in [0.5, 0.6) is 0 Å². The van der Waals surface area contributed by atoms with E-state index in [-0.39, 0.29) is 23.1 Å². The van der Waals surface area contributed by atoms with Crippen molar-refractivity contribution in [1.29, 1.82) is 0 Å². The van der Waals surface area contributed by atoms with Gasteiger partial charge in [-0.25, -0.2) is 8.42 Å². The van der Waals surface area contributed by atoms with E-state index in [4.69, 9.17) is 0 Å². The fourth-order valence-corrected chi connectivity index (χ4v) is 3.65. The first-order chi connectivity index (χ1) is 9.59. The summed E-state index contributed by atoms with van der Waals surface area (Å²) in [6.45, 7) is 0.148. The Hall–Kier alpha value is -2.21. The molecule has 0 saturated carbocycles. The van der Waals surface area contributed by atoms with E-state index in [1.165, 1.54) is 11.0 Å². The smallest absolute Gasteiger partial charge is 0.276 e. The number of rotatable bonds is 1. The Kier molecular flexibility index (Phi) is 3.02. The van der Waals surface area contributed by atoms with Crippen LogP contribution in [0.3, 0.4) is 0 Å². The Morgan fingerprint density at radius 2 is 1.85 bits per heavy atom. The molecule has 2 aromatic rings. The summed E-state index contributed by atoms with van der Waals surface area (Å²) in [4.78, 5) is 18.1. The van der Waals surface area contributed by atoms with Gasteiger partial charge in [-0.05, 0) is 24.3 Å². The average Bonchev–Trinajstić information content (AvgIpc) is 2.48. The number of amides is 1. The largest absolute Gasteiger partial charge is 0.305 e. The summed E-state index contributed by atoms with van der Waals surface area (Å²) in [5.41, 5.74) is 0.732. The molecule has 0 bridgehead atoms. The Morgan fingerprint density at radius 1 is 1.10 bits per heavy atom. The monoisotopic (exact) mass is 288 g/mol. The van der Waals surface area contributed by atoms with Crippen LogP contribution in [-0.4, -0.2) is 31.6 Å². The van der Waals surface area contributed by atoms with Gasteiger partial charge in [-0.15, -0.1) is 0 Å². The third-order valence-electron chi connectivity index (χ3n) is 3.20. The zero-order valence-electron chi connectivity index (χ0n) is 10.6. The molecule has 0 aliphatic carbocycles. The maximum absolute atomic E-state index is 12.4. The number of sulfone groups is 1. The number of benzene rings is 1. The highest BCUT2D eigenvalue weighted by molar-refractivity contribution is 7.91. The minimum Gasteiger partial charge on any atom is -0.305 e. The summed E-state index contributed by atoms with van der Waals surface area (Å²) >= 11 is 0. The van der Waals surface area contributed by atoms with Gasteiger partial charge in [-0.1, -0.05) is 18.2 Å². The molecule has 0 unspecified atom stereocenters. The van der Waals surface area contributed by atoms with E-state index >= 15 is 0 Å². The van der Waals surface area contributed by atoms with Crippen LogP contribution in [-0.2, 0) is 9.84 Å². The number of fused-ring (bicyclic) bond motifs is 1. The molecule has 1 aromatic heterocycles. The normalized spacial score (nSPS) is 16.5. The Bertz CT molecular complexity index is 757. The molecule has 0 fully saturated rings. The van der Waals surface area contributed by atoms with Crippen molar-refractivity contribution < 1.29 is 13.2 Å². The van der Waals surface area contributed by atoms with Crippen LogP contribution < -0.4 is 4.90 Å². The molecule has 1 aromatic carbocycles. The zero-order chi connectivity index (χ0) is 14.2. The number of carbonyl (C=O) groups excluding carboxylic acids is 1. The molecular formula is C14H12N2O3S. The molecule has 0 spiro atoms. The second-order valence-electron chi connectivity index (χ2n) is 4.46. The van der Waals surface area contributed by atoms with Gasteiger partial charge in [0.25, 0.3) is 5.91 Å². The Balaban J connectivity index is 2.07. The van der Waals surface area contributed by atoms with Crippen LogP contribution in [0.15, 0.2) is 53.6 Å². The summed E-state index contributed by atoms with van der Waals surface area (Å²) in [5, 5.41) is 0. The van der Waals surface area contributed by atoms with Crippen molar-refractivity contribution >= 4 is 21.4 Å². The van der Waals surface area contributed by atoms with E-state index in [9.17, 15) is 13.2 Å². The molecule has 20 heavy (non-hydrogen) atoms. The molecule has 5 nitrogen and oxygen atoms in total. The highest BCUT2D eigenvalue weighted by Crippen LogP contribution is 2.30. The van der Waals surface area contributed by atoms with E-state index in [0.29, 0.717) is 11.4 Å². The number of nitrogens with zero attached hydrogens (tertiary/aromatic N) is 2. The van der Waals surface area contributed by atoms with Crippen molar-refractivity contribution in [2.45, 2.75) is 4.90 Å². The van der Waals surface area contributed by atoms with Gasteiger partial charge in [0.15, 0.2) is 9.84 Å². The second kappa shape index (κ2) is 4.72. The van der Waals surface area contributed by atoms with E-state index in [0.717, 1.165) is 0 Å². The number of para-hydroxylation sites is 1. The lowest BCUT2D eigenvalue weighted by atomic mass is 10.2. The summed E-state index contributed by atoms with van der Waals surface area (Å²) in [6.07, 6.45) is 1.54. The van der Waals surface area contributed by atoms with Gasteiger partial charge in [-0.3, -0.25) is 9.78 Å². The molecule has 2 heterocycles. The van der Waals surface area contributed by atoms with Crippen molar-refractivity contribution in [2.75, 3.05) is 17.2 Å². The number of carbonyl (C=O) groups is 1. The minimum atomic E-state index is -3.30. The number of aromatic nitrogens is 1. The van der Waals surface area contributed by atoms with Crippen molar-refractivity contribution in [3.8, 4) is 0 Å². The summed E-state index contributed by atoms with van der Waals surface area (Å²) in [6, 6.07) is 11.6. The number of hydrogen-bond donors (Lipinski definition) is 0. The zero-order valence-corrected chi connectivity index (χ0v) is 11.4. The molecule has 1 aliphatic heterocycles. The molecule has 0 atom stereocenters. The fraction of sp³-hybridized carbons (Fsp3) is 0.143. The molecule has 6 heteroatoms. The van der Waals surface area contributed by atoms with Gasteiger partial charge in [0.1, 0.15) is 5.69 Å². The van der Waals surface area contributed by atoms with Gasteiger partial charge in [0, 0.05) is 12.7 Å². The summed E-state index contributed by atoms with van der Waals surface area (Å²) in [7, 11) is -3.30. The van der Waals surface area contributed by atoms with Crippen LogP contribution in [0.25, 0.3) is 0 Å². The highest BCUT2D eigenvalue weighted by Gasteiger charge is 2.31. The van der Waals surface area contributed by atoms with Crippen LogP contribution in [0, 0.1) is 0 Å². The maximum atomic E-state index is 12.4. The summed E-state index contributed by atoms with van der Waals surface area (Å²) < 4.78 is 24.0. The van der Waals surface area contributed by atoms with E-state index in [2.05, 4.69) is 4.98 Å². The van der Waals surface area contributed by atoms with Crippen molar-refractivity contribution in [1.82, 2.24) is 4.98 Å². The molecule has 1 amide bonds. The van der Waals surface area contributed by atoms with Crippen molar-refractivity contribution in [2.24, 2.45) is 0 Å². The van der Waals surface area contributed by atoms with E-state index in [1.54, 1.807) is 42.6 Å². The third kappa shape index (κ3) is 2.08. The van der Waals surface area contributed by atoms with Gasteiger partial charge in [0.2, 0.25) is 0 Å². The fourth-order valence-electron chi connectivity index (χ4n) is 2.22. The second-order valence-corrected chi connectivity index (χ2v) is 6.54. The lowest BCUT2D eigenvalue weighted by Crippen LogP contribution is -2.40. The van der Waals surface area contributed by atoms with Crippen molar-refractivity contribution in [3.05, 3.63) is 54.4 Å². The first-order valence-electron chi connectivity index (χ1n) is 6.14. The lowest BCUT2D eigenvalue weighted by Gasteiger charge is -2.28. The number of hydrogen-bond acceptors (Lipinski definition) is 4. The van der Waals surface area contributed by atoms with Gasteiger partial charge in [-0.2, -0.15) is 0 Å². The molecular weight excluding hydrogens is 276 g/mol. The van der Waals surface area contributed by atoms with Crippen molar-refractivity contribution in [3.63, 3.8) is 0 Å². The van der Waals surface area contributed by atoms with Crippen LogP contribution in [0.4, 0.5) is 5.69 Å². The topological polar surface area (TPSA) is 67.3 Å². The standard InChI is InChI=1S/C14H12N2O3S/c17-14(11-5-3-4-8-15-11)16-9-10-20(18,19)13-7-2-1-6-12(13)16/h1-8H,9-10H2. The van der Waals surface area contributed by atoms with Crippen LogP contribution in [0.1, 0.15) is 10.5 Å². The minimum absolute atomic E-state index is 0.0669. The molecule has 0 saturated heterocycles. The Morgan fingerprint density at radius 3 is 2.60 bits per heavy atom. The third-order valence-corrected chi connectivity index (χ3v) is 4.94. The quantitative estimate of drug-likeness (QED) is 0.798. The highest BCUT2D eigenvalue weighted by atomic mass is 32.2. The molecule has 3 rings (SSSR count). The number of pyridine rings is 1. The van der Waals surface area contributed by atoms with Gasteiger partial charge >= 0.3 is 0 Å². The Labute approximate surface area is 116 Å². The summed E-state index contributed by atoms with van der Waals surface area (Å²) in [5.74, 6) is -0.351. The average molecular weight is 288 g/mol. The van der Waals surface area contributed by atoms with Crippen LogP contribution in [0.2, 0.25) is 0 Å². The SMILES string of the molecule is O=C(c1ccccn1)N1CCS(=O)(=O)c2ccccc21. The van der Waals surface area contributed by atoms with Gasteiger partial charge < -0.3 is 4.90 Å². The lowest BCUT2D eigenvalue weighted by molar-refractivity contribution is 0.0983. The predicted molar refractivity (Wildman–Crippen MR) is 74.4 cm³/mol. The number of anilines is 1. The predicted octanol–water partition coefficient (Wildman–Crippen LogP) is 1.52. The van der Waals surface area contributed by atoms with Crippen LogP contribution >= 0.6 is 0 Å². The van der Waals surface area contributed by atoms with E-state index < -0.39 is 9.84 Å². The van der Waals surface area contributed by atoms with Gasteiger partial charge in [0.05, 0.1) is 16.3 Å². The molecule has 0 radical (unpaired) electrons. The first kappa shape index (κ1) is 12.8. The maximum Gasteiger partial charge on any atom is 0.276 e. The first-order valence-corrected chi connectivity index (χ1v) is 7.79. The molecule has 1 aliphatic rings. The van der Waals surface area contributed by atoms with E-state index in [1.807, 2.05) is 0 Å².